The predicted molar refractivity (Wildman–Crippen MR) is 167 cm³/mol. The predicted octanol–water partition coefficient (Wildman–Crippen LogP) is 0.0679. The van der Waals surface area contributed by atoms with Gasteiger partial charge in [0.25, 0.3) is 0 Å². The van der Waals surface area contributed by atoms with Crippen LogP contribution in [0.3, 0.4) is 0 Å². The van der Waals surface area contributed by atoms with E-state index in [1.807, 2.05) is 13.8 Å². The van der Waals surface area contributed by atoms with Gasteiger partial charge in [-0.15, -0.1) is 0 Å². The number of aliphatic hydroxyl groups is 7. The Morgan fingerprint density at radius 1 is 0.875 bits per heavy atom. The summed E-state index contributed by atoms with van der Waals surface area (Å²) in [6, 6.07) is 7.41. The van der Waals surface area contributed by atoms with Gasteiger partial charge in [-0.05, 0) is 51.5 Å². The number of hydrogen-bond donors (Lipinski definition) is 8. The van der Waals surface area contributed by atoms with E-state index in [-0.39, 0.29) is 34.5 Å². The first-order chi connectivity index (χ1) is 22.8. The Morgan fingerprint density at radius 2 is 1.50 bits per heavy atom. The number of fused-ring (bicyclic) bond motifs is 1. The Kier molecular flexibility index (Phi) is 10.6. The molecule has 5 rings (SSSR count). The van der Waals surface area contributed by atoms with E-state index in [2.05, 4.69) is 0 Å². The molecule has 48 heavy (non-hydrogen) atoms. The lowest BCUT2D eigenvalue weighted by atomic mass is 9.99. The molecule has 1 aromatic heterocycles. The Labute approximate surface area is 274 Å². The molecular formula is C33H40O15. The molecule has 2 aromatic carbocycles. The van der Waals surface area contributed by atoms with Gasteiger partial charge in [-0.25, -0.2) is 0 Å². The van der Waals surface area contributed by atoms with E-state index in [1.54, 1.807) is 30.3 Å². The highest BCUT2D eigenvalue weighted by Crippen LogP contribution is 2.41. The second kappa shape index (κ2) is 14.4. The summed E-state index contributed by atoms with van der Waals surface area (Å²) in [5.41, 5.74) is 0.341. The van der Waals surface area contributed by atoms with Gasteiger partial charge in [0.2, 0.25) is 23.8 Å². The normalized spacial score (nSPS) is 30.6. The summed E-state index contributed by atoms with van der Waals surface area (Å²) in [4.78, 5) is 14.3. The summed E-state index contributed by atoms with van der Waals surface area (Å²) >= 11 is 0. The van der Waals surface area contributed by atoms with Gasteiger partial charge in [0.15, 0.2) is 5.76 Å². The molecule has 2 aliphatic rings. The topological polar surface area (TPSA) is 238 Å². The van der Waals surface area contributed by atoms with E-state index >= 15 is 0 Å². The zero-order valence-electron chi connectivity index (χ0n) is 26.6. The molecule has 3 heterocycles. The summed E-state index contributed by atoms with van der Waals surface area (Å²) in [7, 11) is 1.47. The number of phenolic OH excluding ortho intramolecular Hbond substituents is 1. The van der Waals surface area contributed by atoms with Gasteiger partial charge in [0.1, 0.15) is 70.9 Å². The van der Waals surface area contributed by atoms with Crippen molar-refractivity contribution < 1.29 is 69.0 Å². The van der Waals surface area contributed by atoms with Gasteiger partial charge in [0.05, 0.1) is 19.8 Å². The zero-order chi connectivity index (χ0) is 35.0. The van der Waals surface area contributed by atoms with Crippen molar-refractivity contribution in [1.29, 1.82) is 0 Å². The molecule has 0 saturated carbocycles. The van der Waals surface area contributed by atoms with Crippen molar-refractivity contribution in [3.8, 4) is 34.3 Å². The Morgan fingerprint density at radius 3 is 2.10 bits per heavy atom. The number of methoxy groups -OCH3 is 1. The molecular weight excluding hydrogens is 636 g/mol. The van der Waals surface area contributed by atoms with Crippen molar-refractivity contribution in [1.82, 2.24) is 0 Å². The average Bonchev–Trinajstić information content (AvgIpc) is 3.06. The van der Waals surface area contributed by atoms with Crippen LogP contribution in [-0.2, 0) is 15.9 Å². The minimum absolute atomic E-state index is 0.0725. The molecule has 0 amide bonds. The van der Waals surface area contributed by atoms with Crippen LogP contribution in [0.15, 0.2) is 51.2 Å². The fourth-order valence-corrected chi connectivity index (χ4v) is 5.52. The lowest BCUT2D eigenvalue weighted by Crippen LogP contribution is -2.60. The highest BCUT2D eigenvalue weighted by atomic mass is 16.7. The molecule has 0 bridgehead atoms. The van der Waals surface area contributed by atoms with Crippen molar-refractivity contribution >= 4 is 11.0 Å². The maximum absolute atomic E-state index is 14.3. The van der Waals surface area contributed by atoms with Crippen molar-refractivity contribution in [2.24, 2.45) is 0 Å². The summed E-state index contributed by atoms with van der Waals surface area (Å²) in [5.74, 6) is -0.922. The van der Waals surface area contributed by atoms with Gasteiger partial charge < -0.3 is 69.0 Å². The minimum Gasteiger partial charge on any atom is -0.507 e. The summed E-state index contributed by atoms with van der Waals surface area (Å²) < 4.78 is 34.5. The van der Waals surface area contributed by atoms with Gasteiger partial charge in [0, 0.05) is 17.2 Å². The molecule has 2 aliphatic heterocycles. The molecule has 2 fully saturated rings. The number of allylic oxidation sites excluding steroid dienone is 2. The third kappa shape index (κ3) is 6.74. The summed E-state index contributed by atoms with van der Waals surface area (Å²) in [6.07, 6.45) is -13.7. The van der Waals surface area contributed by atoms with Gasteiger partial charge in [-0.3, -0.25) is 4.79 Å². The van der Waals surface area contributed by atoms with Gasteiger partial charge in [-0.1, -0.05) is 11.6 Å². The lowest BCUT2D eigenvalue weighted by Gasteiger charge is -2.39. The van der Waals surface area contributed by atoms with Crippen LogP contribution in [0, 0.1) is 0 Å². The molecule has 3 unspecified atom stereocenters. The van der Waals surface area contributed by atoms with E-state index in [9.17, 15) is 45.6 Å². The smallest absolute Gasteiger partial charge is 0.239 e. The zero-order valence-corrected chi connectivity index (χ0v) is 26.6. The van der Waals surface area contributed by atoms with Crippen LogP contribution < -0.4 is 19.6 Å². The molecule has 15 nitrogen and oxygen atoms in total. The van der Waals surface area contributed by atoms with E-state index in [0.717, 1.165) is 11.6 Å². The number of hydrogen-bond acceptors (Lipinski definition) is 15. The highest BCUT2D eigenvalue weighted by Gasteiger charge is 2.46. The van der Waals surface area contributed by atoms with Crippen LogP contribution in [0.2, 0.25) is 0 Å². The number of aromatic hydroxyl groups is 1. The SMILES string of the molecule is COc1ccc(-c2oc3c(CC=C(C)C)c(O[C@@H]4O[C@H](CO)C(O)[C@H](O)C4O)cc(O)c3c(=O)c2OC2O[C@@H](C)[C@H](O)[C@@H](O)[C@H]2O)cc1. The largest absolute Gasteiger partial charge is 0.507 e. The standard InChI is InChI=1S/C33H40O15/c1-13(2)5-10-17-19(45-33-28(42)26(40)23(37)20(12-34)46-33)11-18(35)21-24(38)31(48-32-27(41)25(39)22(36)14(3)44-32)29(47-30(17)21)15-6-8-16(43-4)9-7-15/h5-9,11,14,20,22-23,25-28,32-37,39-42H,10,12H2,1-4H3/t14-,20+,22-,23?,25+,26-,27+,28?,32?,33+/m0/s1. The van der Waals surface area contributed by atoms with E-state index in [4.69, 9.17) is 28.1 Å². The number of ether oxygens (including phenoxy) is 5. The van der Waals surface area contributed by atoms with Crippen LogP contribution in [0.5, 0.6) is 23.0 Å². The average molecular weight is 677 g/mol. The maximum atomic E-state index is 14.3. The first kappa shape index (κ1) is 35.5. The fraction of sp³-hybridized carbons (Fsp3) is 0.485. The lowest BCUT2D eigenvalue weighted by molar-refractivity contribution is -0.277. The van der Waals surface area contributed by atoms with Gasteiger partial charge >= 0.3 is 0 Å². The number of benzene rings is 2. The molecule has 15 heteroatoms. The van der Waals surface area contributed by atoms with Crippen LogP contribution in [0.1, 0.15) is 26.3 Å². The summed E-state index contributed by atoms with van der Waals surface area (Å²) in [6.45, 7) is 4.40. The van der Waals surface area contributed by atoms with E-state index < -0.39 is 84.9 Å². The highest BCUT2D eigenvalue weighted by molar-refractivity contribution is 5.91. The second-order valence-corrected chi connectivity index (χ2v) is 12.0. The first-order valence-electron chi connectivity index (χ1n) is 15.2. The van der Waals surface area contributed by atoms with Crippen molar-refractivity contribution in [2.75, 3.05) is 13.7 Å². The summed E-state index contributed by atoms with van der Waals surface area (Å²) in [5, 5.41) is 82.9. The quantitative estimate of drug-likeness (QED) is 0.140. The molecule has 10 atom stereocenters. The fourth-order valence-electron chi connectivity index (χ4n) is 5.52. The van der Waals surface area contributed by atoms with Crippen LogP contribution in [0.25, 0.3) is 22.3 Å². The van der Waals surface area contributed by atoms with Crippen molar-refractivity contribution in [2.45, 2.75) is 88.6 Å². The Hall–Kier alpha value is -3.77. The Bertz CT molecular complexity index is 1680. The number of phenols is 1. The first-order valence-corrected chi connectivity index (χ1v) is 15.2. The molecule has 262 valence electrons. The molecule has 0 radical (unpaired) electrons. The minimum atomic E-state index is -1.77. The number of aliphatic hydroxyl groups excluding tert-OH is 7. The molecule has 0 aliphatic carbocycles. The van der Waals surface area contributed by atoms with Crippen molar-refractivity contribution in [3.63, 3.8) is 0 Å². The molecule has 3 aromatic rings. The maximum Gasteiger partial charge on any atom is 0.239 e. The third-order valence-corrected chi connectivity index (χ3v) is 8.37. The van der Waals surface area contributed by atoms with E-state index in [1.165, 1.54) is 14.0 Å². The molecule has 2 saturated heterocycles. The van der Waals surface area contributed by atoms with Crippen molar-refractivity contribution in [3.05, 3.63) is 57.8 Å². The van der Waals surface area contributed by atoms with Crippen LogP contribution >= 0.6 is 0 Å². The molecule has 8 N–H and O–H groups in total. The van der Waals surface area contributed by atoms with Crippen LogP contribution in [-0.4, -0.2) is 116 Å². The number of rotatable bonds is 9. The monoisotopic (exact) mass is 676 g/mol. The van der Waals surface area contributed by atoms with Gasteiger partial charge in [-0.2, -0.15) is 0 Å². The van der Waals surface area contributed by atoms with E-state index in [0.29, 0.717) is 11.3 Å². The van der Waals surface area contributed by atoms with Crippen LogP contribution in [0.4, 0.5) is 0 Å². The third-order valence-electron chi connectivity index (χ3n) is 8.37. The Balaban J connectivity index is 1.71. The molecule has 0 spiro atoms. The second-order valence-electron chi connectivity index (χ2n) is 12.0.